The van der Waals surface area contributed by atoms with E-state index in [2.05, 4.69) is 0 Å². The first kappa shape index (κ1) is 10.3. The van der Waals surface area contributed by atoms with E-state index in [1.165, 1.54) is 6.07 Å². The predicted octanol–water partition coefficient (Wildman–Crippen LogP) is 0.816. The van der Waals surface area contributed by atoms with Crippen molar-refractivity contribution in [2.75, 3.05) is 18.1 Å². The van der Waals surface area contributed by atoms with Crippen molar-refractivity contribution in [3.05, 3.63) is 24.3 Å². The molecule has 2 rings (SSSR count). The Bertz CT molecular complexity index is 440. The highest BCUT2D eigenvalue weighted by atomic mass is 32.2. The van der Waals surface area contributed by atoms with Gasteiger partial charge in [-0.25, -0.2) is 8.42 Å². The number of rotatable bonds is 3. The molecular formula is C10H12O4S. The fraction of sp³-hybridized carbons (Fsp3) is 0.400. The average Bonchev–Trinajstić information content (AvgIpc) is 2.11. The molecule has 1 N–H and O–H groups in total. The van der Waals surface area contributed by atoms with E-state index in [4.69, 9.17) is 9.84 Å². The first-order valence-corrected chi connectivity index (χ1v) is 6.49. The standard InChI is InChI=1S/C10H12O4S/c11-9-2-1-3-10(4-9)14-5-8-6-15(12,13)7-8/h1-4,8,11H,5-7H2. The van der Waals surface area contributed by atoms with E-state index in [-0.39, 0.29) is 23.2 Å². The highest BCUT2D eigenvalue weighted by Gasteiger charge is 2.33. The van der Waals surface area contributed by atoms with Gasteiger partial charge < -0.3 is 9.84 Å². The maximum absolute atomic E-state index is 10.9. The lowest BCUT2D eigenvalue weighted by Crippen LogP contribution is -2.39. The van der Waals surface area contributed by atoms with Crippen LogP contribution >= 0.6 is 0 Å². The van der Waals surface area contributed by atoms with Gasteiger partial charge in [-0.15, -0.1) is 0 Å². The molecule has 1 heterocycles. The largest absolute Gasteiger partial charge is 0.508 e. The van der Waals surface area contributed by atoms with Crippen molar-refractivity contribution >= 4 is 9.84 Å². The van der Waals surface area contributed by atoms with Crippen molar-refractivity contribution in [1.29, 1.82) is 0 Å². The number of phenolic OH excluding ortho intramolecular Hbond substituents is 1. The monoisotopic (exact) mass is 228 g/mol. The van der Waals surface area contributed by atoms with Gasteiger partial charge in [-0.2, -0.15) is 0 Å². The van der Waals surface area contributed by atoms with E-state index in [1.807, 2.05) is 0 Å². The van der Waals surface area contributed by atoms with Crippen LogP contribution in [0.25, 0.3) is 0 Å². The molecule has 0 bridgehead atoms. The van der Waals surface area contributed by atoms with Crippen molar-refractivity contribution in [2.45, 2.75) is 0 Å². The van der Waals surface area contributed by atoms with Crippen LogP contribution in [0.4, 0.5) is 0 Å². The lowest BCUT2D eigenvalue weighted by molar-refractivity contribution is 0.262. The third-order valence-electron chi connectivity index (χ3n) is 2.28. The number of hydrogen-bond acceptors (Lipinski definition) is 4. The Morgan fingerprint density at radius 2 is 2.13 bits per heavy atom. The number of benzene rings is 1. The number of hydrogen-bond donors (Lipinski definition) is 1. The minimum Gasteiger partial charge on any atom is -0.508 e. The molecule has 0 radical (unpaired) electrons. The fourth-order valence-corrected chi connectivity index (χ4v) is 3.08. The van der Waals surface area contributed by atoms with E-state index in [0.717, 1.165) is 0 Å². The summed E-state index contributed by atoms with van der Waals surface area (Å²) in [6.07, 6.45) is 0. The molecule has 0 amide bonds. The number of sulfone groups is 1. The maximum Gasteiger partial charge on any atom is 0.151 e. The van der Waals surface area contributed by atoms with E-state index in [9.17, 15) is 8.42 Å². The molecule has 1 aliphatic rings. The van der Waals surface area contributed by atoms with Crippen molar-refractivity contribution in [2.24, 2.45) is 5.92 Å². The third kappa shape index (κ3) is 2.62. The molecule has 1 aromatic carbocycles. The van der Waals surface area contributed by atoms with Crippen LogP contribution in [-0.2, 0) is 9.84 Å². The van der Waals surface area contributed by atoms with Gasteiger partial charge in [-0.1, -0.05) is 6.07 Å². The first-order valence-electron chi connectivity index (χ1n) is 4.67. The second-order valence-electron chi connectivity index (χ2n) is 3.75. The maximum atomic E-state index is 10.9. The molecule has 0 aliphatic carbocycles. The Labute approximate surface area is 88.4 Å². The summed E-state index contributed by atoms with van der Waals surface area (Å²) in [5.41, 5.74) is 0. The number of ether oxygens (including phenoxy) is 1. The van der Waals surface area contributed by atoms with Gasteiger partial charge in [0.25, 0.3) is 0 Å². The highest BCUT2D eigenvalue weighted by molar-refractivity contribution is 7.92. The Hall–Kier alpha value is -1.23. The number of phenols is 1. The van der Waals surface area contributed by atoms with E-state index < -0.39 is 9.84 Å². The molecule has 0 unspecified atom stereocenters. The van der Waals surface area contributed by atoms with Gasteiger partial charge >= 0.3 is 0 Å². The van der Waals surface area contributed by atoms with Crippen LogP contribution < -0.4 is 4.74 Å². The van der Waals surface area contributed by atoms with Gasteiger partial charge in [-0.05, 0) is 12.1 Å². The van der Waals surface area contributed by atoms with Crippen LogP contribution in [0.15, 0.2) is 24.3 Å². The number of aromatic hydroxyl groups is 1. The van der Waals surface area contributed by atoms with Crippen molar-refractivity contribution in [3.63, 3.8) is 0 Å². The Morgan fingerprint density at radius 3 is 2.73 bits per heavy atom. The van der Waals surface area contributed by atoms with Crippen LogP contribution in [0.2, 0.25) is 0 Å². The second-order valence-corrected chi connectivity index (χ2v) is 5.91. The molecule has 15 heavy (non-hydrogen) atoms. The van der Waals surface area contributed by atoms with Crippen LogP contribution in [0.3, 0.4) is 0 Å². The van der Waals surface area contributed by atoms with Crippen molar-refractivity contribution < 1.29 is 18.3 Å². The normalized spacial score (nSPS) is 19.5. The van der Waals surface area contributed by atoms with Crippen LogP contribution in [-0.4, -0.2) is 31.6 Å². The van der Waals surface area contributed by atoms with Gasteiger partial charge in [0, 0.05) is 12.0 Å². The summed E-state index contributed by atoms with van der Waals surface area (Å²) in [5.74, 6) is 1.24. The molecule has 0 saturated carbocycles. The third-order valence-corrected chi connectivity index (χ3v) is 4.24. The average molecular weight is 228 g/mol. The molecule has 1 aromatic rings. The molecule has 1 saturated heterocycles. The van der Waals surface area contributed by atoms with Crippen molar-refractivity contribution in [3.8, 4) is 11.5 Å². The van der Waals surface area contributed by atoms with Gasteiger partial charge in [-0.3, -0.25) is 0 Å². The van der Waals surface area contributed by atoms with Gasteiger partial charge in [0.15, 0.2) is 9.84 Å². The van der Waals surface area contributed by atoms with Crippen LogP contribution in [0, 0.1) is 5.92 Å². The smallest absolute Gasteiger partial charge is 0.151 e. The zero-order valence-electron chi connectivity index (χ0n) is 8.09. The molecule has 0 spiro atoms. The van der Waals surface area contributed by atoms with Gasteiger partial charge in [0.1, 0.15) is 11.5 Å². The summed E-state index contributed by atoms with van der Waals surface area (Å²) in [5, 5.41) is 9.16. The Morgan fingerprint density at radius 1 is 1.40 bits per heavy atom. The van der Waals surface area contributed by atoms with Crippen molar-refractivity contribution in [1.82, 2.24) is 0 Å². The fourth-order valence-electron chi connectivity index (χ4n) is 1.55. The molecule has 1 fully saturated rings. The second kappa shape index (κ2) is 3.73. The first-order chi connectivity index (χ1) is 7.05. The van der Waals surface area contributed by atoms with Crippen LogP contribution in [0.1, 0.15) is 0 Å². The minimum atomic E-state index is -2.77. The molecular weight excluding hydrogens is 216 g/mol. The minimum absolute atomic E-state index is 0.0948. The van der Waals surface area contributed by atoms with Crippen LogP contribution in [0.5, 0.6) is 11.5 Å². The summed E-state index contributed by atoms with van der Waals surface area (Å²) < 4.78 is 27.1. The van der Waals surface area contributed by atoms with E-state index in [1.54, 1.807) is 18.2 Å². The van der Waals surface area contributed by atoms with E-state index in [0.29, 0.717) is 12.4 Å². The predicted molar refractivity (Wildman–Crippen MR) is 55.7 cm³/mol. The summed E-state index contributed by atoms with van der Waals surface area (Å²) in [6.45, 7) is 0.392. The molecule has 0 atom stereocenters. The molecule has 1 aliphatic heterocycles. The zero-order chi connectivity index (χ0) is 10.9. The molecule has 4 nitrogen and oxygen atoms in total. The molecule has 82 valence electrons. The highest BCUT2D eigenvalue weighted by Crippen LogP contribution is 2.22. The summed E-state index contributed by atoms with van der Waals surface area (Å²) in [7, 11) is -2.77. The Kier molecular flexibility index (Phi) is 2.56. The zero-order valence-corrected chi connectivity index (χ0v) is 8.90. The Balaban J connectivity index is 1.84. The van der Waals surface area contributed by atoms with Gasteiger partial charge in [0.05, 0.1) is 18.1 Å². The van der Waals surface area contributed by atoms with Gasteiger partial charge in [0.2, 0.25) is 0 Å². The summed E-state index contributed by atoms with van der Waals surface area (Å²) in [4.78, 5) is 0. The summed E-state index contributed by atoms with van der Waals surface area (Å²) >= 11 is 0. The lowest BCUT2D eigenvalue weighted by atomic mass is 10.2. The summed E-state index contributed by atoms with van der Waals surface area (Å²) in [6, 6.07) is 6.48. The lowest BCUT2D eigenvalue weighted by Gasteiger charge is -2.25. The quantitative estimate of drug-likeness (QED) is 0.831. The van der Waals surface area contributed by atoms with E-state index >= 15 is 0 Å². The molecule has 5 heteroatoms. The SMILES string of the molecule is O=S1(=O)CC(COc2cccc(O)c2)C1. The topological polar surface area (TPSA) is 63.6 Å². The molecule has 0 aromatic heterocycles.